The molecule has 0 aliphatic carbocycles. The summed E-state index contributed by atoms with van der Waals surface area (Å²) in [6.07, 6.45) is 2.00. The van der Waals surface area contributed by atoms with Gasteiger partial charge in [0.2, 0.25) is 0 Å². The van der Waals surface area contributed by atoms with E-state index in [1.54, 1.807) is 0 Å². The highest BCUT2D eigenvalue weighted by Gasteiger charge is 2.43. The van der Waals surface area contributed by atoms with Crippen LogP contribution >= 0.6 is 0 Å². The Hall–Kier alpha value is -0.860. The van der Waals surface area contributed by atoms with Crippen LogP contribution in [0.3, 0.4) is 0 Å². The minimum atomic E-state index is -0.404. The molecule has 0 unspecified atom stereocenters. The van der Waals surface area contributed by atoms with Gasteiger partial charge in [0.25, 0.3) is 0 Å². The molecule has 1 heterocycles. The number of hydrogen-bond acceptors (Lipinski definition) is 2. The van der Waals surface area contributed by atoms with Crippen LogP contribution in [0.2, 0.25) is 0 Å². The first-order valence-corrected chi connectivity index (χ1v) is 6.85. The van der Waals surface area contributed by atoms with Gasteiger partial charge in [-0.2, -0.15) is 0 Å². The first kappa shape index (κ1) is 13.6. The summed E-state index contributed by atoms with van der Waals surface area (Å²) in [6.45, 7) is 9.44. The van der Waals surface area contributed by atoms with Gasteiger partial charge in [-0.25, -0.2) is 0 Å². The van der Waals surface area contributed by atoms with Crippen molar-refractivity contribution in [1.29, 1.82) is 0 Å². The maximum atomic E-state index is 6.03. The van der Waals surface area contributed by atoms with E-state index in [0.717, 1.165) is 12.8 Å². The quantitative estimate of drug-likeness (QED) is 0.804. The van der Waals surface area contributed by atoms with Crippen molar-refractivity contribution in [3.8, 4) is 0 Å². The van der Waals surface area contributed by atoms with E-state index < -0.39 is 5.79 Å². The zero-order valence-electron chi connectivity index (χ0n) is 11.9. The van der Waals surface area contributed by atoms with E-state index in [0.29, 0.717) is 6.61 Å². The third kappa shape index (κ3) is 2.76. The molecule has 0 saturated carbocycles. The summed E-state index contributed by atoms with van der Waals surface area (Å²) in [7, 11) is 0. The van der Waals surface area contributed by atoms with Crippen LogP contribution < -0.4 is 0 Å². The molecule has 2 nitrogen and oxygen atoms in total. The SMILES string of the molecule is CC[C@]1(CC(C)(C)c2ccccc2)OC[C@@H](C)O1. The van der Waals surface area contributed by atoms with Crippen molar-refractivity contribution in [2.45, 2.75) is 57.8 Å². The van der Waals surface area contributed by atoms with Gasteiger partial charge in [-0.05, 0) is 24.3 Å². The molecular weight excluding hydrogens is 224 g/mol. The Kier molecular flexibility index (Phi) is 3.79. The normalized spacial score (nSPS) is 28.6. The average Bonchev–Trinajstić information content (AvgIpc) is 2.72. The van der Waals surface area contributed by atoms with Gasteiger partial charge < -0.3 is 9.47 Å². The molecule has 0 amide bonds. The third-order valence-corrected chi connectivity index (χ3v) is 3.80. The standard InChI is InChI=1S/C16H24O2/c1-5-16(17-11-13(2)18-16)12-15(3,4)14-9-7-6-8-10-14/h6-10,13H,5,11-12H2,1-4H3/t13-,16+/m1/s1. The van der Waals surface area contributed by atoms with E-state index in [-0.39, 0.29) is 11.5 Å². The Bertz CT molecular complexity index is 385. The highest BCUT2D eigenvalue weighted by molar-refractivity contribution is 5.24. The summed E-state index contributed by atoms with van der Waals surface area (Å²) in [5, 5.41) is 0. The number of hydrogen-bond donors (Lipinski definition) is 0. The fraction of sp³-hybridized carbons (Fsp3) is 0.625. The number of benzene rings is 1. The lowest BCUT2D eigenvalue weighted by Gasteiger charge is -2.36. The van der Waals surface area contributed by atoms with E-state index in [1.165, 1.54) is 5.56 Å². The first-order chi connectivity index (χ1) is 8.47. The van der Waals surface area contributed by atoms with Crippen LogP contribution in [-0.2, 0) is 14.9 Å². The Morgan fingerprint density at radius 1 is 1.28 bits per heavy atom. The maximum Gasteiger partial charge on any atom is 0.169 e. The molecule has 0 radical (unpaired) electrons. The summed E-state index contributed by atoms with van der Waals surface area (Å²) in [4.78, 5) is 0. The molecule has 18 heavy (non-hydrogen) atoms. The van der Waals surface area contributed by atoms with Crippen LogP contribution in [0.4, 0.5) is 0 Å². The van der Waals surface area contributed by atoms with Crippen LogP contribution in [-0.4, -0.2) is 18.5 Å². The van der Waals surface area contributed by atoms with Gasteiger partial charge in [0.15, 0.2) is 5.79 Å². The summed E-state index contributed by atoms with van der Waals surface area (Å²) >= 11 is 0. The second kappa shape index (κ2) is 5.02. The van der Waals surface area contributed by atoms with E-state index in [9.17, 15) is 0 Å². The molecule has 1 aromatic rings. The smallest absolute Gasteiger partial charge is 0.169 e. The van der Waals surface area contributed by atoms with Crippen LogP contribution in [0.25, 0.3) is 0 Å². The topological polar surface area (TPSA) is 18.5 Å². The van der Waals surface area contributed by atoms with Crippen molar-refractivity contribution in [3.05, 3.63) is 35.9 Å². The van der Waals surface area contributed by atoms with Crippen LogP contribution in [0.5, 0.6) is 0 Å². The molecular formula is C16H24O2. The molecule has 1 saturated heterocycles. The largest absolute Gasteiger partial charge is 0.347 e. The molecule has 0 N–H and O–H groups in total. The van der Waals surface area contributed by atoms with Crippen LogP contribution in [0.15, 0.2) is 30.3 Å². The van der Waals surface area contributed by atoms with Gasteiger partial charge in [-0.3, -0.25) is 0 Å². The van der Waals surface area contributed by atoms with Crippen molar-refractivity contribution in [2.24, 2.45) is 0 Å². The van der Waals surface area contributed by atoms with Gasteiger partial charge in [0, 0.05) is 6.42 Å². The van der Waals surface area contributed by atoms with Crippen molar-refractivity contribution >= 4 is 0 Å². The molecule has 1 fully saturated rings. The lowest BCUT2D eigenvalue weighted by Crippen LogP contribution is -2.37. The molecule has 100 valence electrons. The molecule has 2 atom stereocenters. The molecule has 2 heteroatoms. The highest BCUT2D eigenvalue weighted by Crippen LogP contribution is 2.39. The minimum Gasteiger partial charge on any atom is -0.347 e. The van der Waals surface area contributed by atoms with Gasteiger partial charge in [-0.15, -0.1) is 0 Å². The van der Waals surface area contributed by atoms with Gasteiger partial charge in [-0.1, -0.05) is 51.1 Å². The lowest BCUT2D eigenvalue weighted by molar-refractivity contribution is -0.181. The predicted molar refractivity (Wildman–Crippen MR) is 73.6 cm³/mol. The van der Waals surface area contributed by atoms with E-state index >= 15 is 0 Å². The van der Waals surface area contributed by atoms with E-state index in [1.807, 2.05) is 0 Å². The summed E-state index contributed by atoms with van der Waals surface area (Å²) < 4.78 is 12.0. The Labute approximate surface area is 110 Å². The molecule has 1 aromatic carbocycles. The van der Waals surface area contributed by atoms with Crippen molar-refractivity contribution in [2.75, 3.05) is 6.61 Å². The molecule has 0 spiro atoms. The van der Waals surface area contributed by atoms with Gasteiger partial charge in [0.05, 0.1) is 12.7 Å². The molecule has 2 rings (SSSR count). The molecule has 0 bridgehead atoms. The molecule has 1 aliphatic rings. The molecule has 0 aromatic heterocycles. The maximum absolute atomic E-state index is 6.03. The highest BCUT2D eigenvalue weighted by atomic mass is 16.7. The number of rotatable bonds is 4. The second-order valence-corrected chi connectivity index (χ2v) is 5.93. The lowest BCUT2D eigenvalue weighted by atomic mass is 9.78. The Balaban J connectivity index is 2.17. The van der Waals surface area contributed by atoms with E-state index in [4.69, 9.17) is 9.47 Å². The van der Waals surface area contributed by atoms with Crippen LogP contribution in [0, 0.1) is 0 Å². The minimum absolute atomic E-state index is 0.0569. The first-order valence-electron chi connectivity index (χ1n) is 6.85. The predicted octanol–water partition coefficient (Wildman–Crippen LogP) is 3.90. The third-order valence-electron chi connectivity index (χ3n) is 3.80. The summed E-state index contributed by atoms with van der Waals surface area (Å²) in [5.74, 6) is -0.404. The Morgan fingerprint density at radius 3 is 2.44 bits per heavy atom. The zero-order chi connectivity index (χ0) is 13.2. The van der Waals surface area contributed by atoms with Crippen molar-refractivity contribution < 1.29 is 9.47 Å². The second-order valence-electron chi connectivity index (χ2n) is 5.93. The summed E-state index contributed by atoms with van der Waals surface area (Å²) in [6, 6.07) is 10.6. The van der Waals surface area contributed by atoms with Crippen LogP contribution in [0.1, 0.15) is 46.1 Å². The number of ether oxygens (including phenoxy) is 2. The fourth-order valence-corrected chi connectivity index (χ4v) is 2.77. The summed E-state index contributed by atoms with van der Waals surface area (Å²) in [5.41, 5.74) is 1.39. The zero-order valence-corrected chi connectivity index (χ0v) is 11.9. The average molecular weight is 248 g/mol. The van der Waals surface area contributed by atoms with E-state index in [2.05, 4.69) is 58.0 Å². The van der Waals surface area contributed by atoms with Crippen molar-refractivity contribution in [1.82, 2.24) is 0 Å². The van der Waals surface area contributed by atoms with Crippen molar-refractivity contribution in [3.63, 3.8) is 0 Å². The van der Waals surface area contributed by atoms with Gasteiger partial charge >= 0.3 is 0 Å². The van der Waals surface area contributed by atoms with Gasteiger partial charge in [0.1, 0.15) is 0 Å². The Morgan fingerprint density at radius 2 is 1.94 bits per heavy atom. The molecule has 1 aliphatic heterocycles. The monoisotopic (exact) mass is 248 g/mol. The fourth-order valence-electron chi connectivity index (χ4n) is 2.77.